The zero-order valence-electron chi connectivity index (χ0n) is 5.45. The molecule has 2 nitrogen and oxygen atoms in total. The lowest BCUT2D eigenvalue weighted by Gasteiger charge is -1.90. The zero-order valence-corrected chi connectivity index (χ0v) is 7.08. The van der Waals surface area contributed by atoms with E-state index in [9.17, 15) is 4.39 Å². The van der Waals surface area contributed by atoms with E-state index in [0.29, 0.717) is 16.9 Å². The Morgan fingerprint density at radius 1 is 1.18 bits per heavy atom. The summed E-state index contributed by atoms with van der Waals surface area (Å²) in [4.78, 5) is 0.649. The lowest BCUT2D eigenvalue weighted by atomic mass is 10.4. The molecule has 0 aliphatic rings. The molecule has 0 fully saturated rings. The molecule has 0 atom stereocenters. The molecule has 1 aromatic carbocycles. The van der Waals surface area contributed by atoms with Crippen molar-refractivity contribution in [3.8, 4) is 0 Å². The zero-order chi connectivity index (χ0) is 6.69. The minimum atomic E-state index is -0.284. The molecule has 0 saturated carbocycles. The van der Waals surface area contributed by atoms with Crippen molar-refractivity contribution in [1.82, 2.24) is 0 Å². The maximum Gasteiger partial charge on any atom is 0.123 e. The van der Waals surface area contributed by atoms with Crippen LogP contribution < -0.4 is 0 Å². The third-order valence-electron chi connectivity index (χ3n) is 0.919. The van der Waals surface area contributed by atoms with Crippen molar-refractivity contribution in [3.63, 3.8) is 0 Å². The maximum absolute atomic E-state index is 12.1. The average Bonchev–Trinajstić information content (AvgIpc) is 1.90. The largest absolute Gasteiger partial charge is 0.412 e. The molecule has 0 heterocycles. The highest BCUT2D eigenvalue weighted by Crippen LogP contribution is 2.13. The second-order valence-corrected chi connectivity index (χ2v) is 2.20. The Kier molecular flexibility index (Phi) is 7.77. The molecule has 64 valence electrons. The van der Waals surface area contributed by atoms with Crippen LogP contribution in [0.25, 0.3) is 0 Å². The monoisotopic (exact) mass is 198 g/mol. The van der Waals surface area contributed by atoms with Crippen molar-refractivity contribution in [2.45, 2.75) is 4.90 Å². The van der Waals surface area contributed by atoms with Gasteiger partial charge in [-0.3, -0.25) is 0 Å². The fraction of sp³-hybridized carbons (Fsp3) is 0. The predicted molar refractivity (Wildman–Crippen MR) is 45.7 cm³/mol. The fourth-order valence-corrected chi connectivity index (χ4v) is 0.753. The normalized spacial score (nSPS) is 7.82. The molecule has 0 saturated heterocycles. The molecule has 0 aliphatic heterocycles. The first-order chi connectivity index (χ1) is 4.33. The highest BCUT2D eigenvalue weighted by atomic mass is 35.5. The van der Waals surface area contributed by atoms with E-state index >= 15 is 0 Å². The van der Waals surface area contributed by atoms with Gasteiger partial charge in [0.05, 0.1) is 0 Å². The van der Waals surface area contributed by atoms with Gasteiger partial charge >= 0.3 is 0 Å². The summed E-state index contributed by atoms with van der Waals surface area (Å²) in [6.07, 6.45) is 0. The highest BCUT2D eigenvalue weighted by Gasteiger charge is 1.89. The molecule has 0 unspecified atom stereocenters. The van der Waals surface area contributed by atoms with E-state index < -0.39 is 0 Å². The van der Waals surface area contributed by atoms with Crippen LogP contribution in [0.15, 0.2) is 29.2 Å². The molecule has 0 radical (unpaired) electrons. The van der Waals surface area contributed by atoms with Crippen molar-refractivity contribution in [3.05, 3.63) is 30.1 Å². The molecule has 0 aromatic heterocycles. The first kappa shape index (κ1) is 13.3. The van der Waals surface area contributed by atoms with Crippen LogP contribution in [-0.2, 0) is 0 Å². The Morgan fingerprint density at radius 3 is 2.00 bits per heavy atom. The molecule has 0 aliphatic carbocycles. The Morgan fingerprint density at radius 2 is 1.64 bits per heavy atom. The Bertz CT molecular complexity index is 192. The Hall–Kier alpha value is -0.290. The summed E-state index contributed by atoms with van der Waals surface area (Å²) in [5.74, 6) is -0.284. The summed E-state index contributed by atoms with van der Waals surface area (Å²) in [5, 5.41) is 0. The molecular formula is C6H8ClFO2S. The molecule has 11 heavy (non-hydrogen) atoms. The summed E-state index contributed by atoms with van der Waals surface area (Å²) in [6, 6.07) is 5.64. The number of halogens is 2. The molecule has 0 amide bonds. The van der Waals surface area contributed by atoms with Crippen LogP contribution in [0, 0.1) is 5.82 Å². The Labute approximate surface area is 74.4 Å². The third-order valence-corrected chi connectivity index (χ3v) is 1.40. The highest BCUT2D eigenvalue weighted by molar-refractivity contribution is 7.93. The number of rotatable bonds is 1. The van der Waals surface area contributed by atoms with Gasteiger partial charge in [0.25, 0.3) is 0 Å². The summed E-state index contributed by atoms with van der Waals surface area (Å²) in [7, 11) is 0. The van der Waals surface area contributed by atoms with E-state index in [2.05, 4.69) is 0 Å². The first-order valence-corrected chi connectivity index (χ1v) is 3.17. The Balaban J connectivity index is 0. The van der Waals surface area contributed by atoms with Crippen LogP contribution in [0.5, 0.6) is 0 Å². The molecule has 1 aromatic rings. The van der Waals surface area contributed by atoms with Crippen molar-refractivity contribution >= 4 is 24.4 Å². The fourth-order valence-electron chi connectivity index (χ4n) is 0.495. The second-order valence-electron chi connectivity index (χ2n) is 1.55. The van der Waals surface area contributed by atoms with Crippen molar-refractivity contribution < 1.29 is 14.4 Å². The van der Waals surface area contributed by atoms with Crippen LogP contribution in [0.1, 0.15) is 0 Å². The number of benzene rings is 1. The molecule has 1 rings (SSSR count). The minimum absolute atomic E-state index is 0. The molecule has 0 bridgehead atoms. The van der Waals surface area contributed by atoms with Crippen LogP contribution >= 0.6 is 24.4 Å². The molecule has 3 N–H and O–H groups in total. The summed E-state index contributed by atoms with van der Waals surface area (Å²) < 4.78 is 20.6. The summed E-state index contributed by atoms with van der Waals surface area (Å²) >= 11 is 0.611. The molecule has 5 heteroatoms. The topological polar surface area (TPSA) is 51.7 Å². The lowest BCUT2D eigenvalue weighted by Crippen LogP contribution is -1.71. The third kappa shape index (κ3) is 4.21. The van der Waals surface area contributed by atoms with E-state index in [-0.39, 0.29) is 23.7 Å². The van der Waals surface area contributed by atoms with Crippen LogP contribution in [0.4, 0.5) is 4.39 Å². The second kappa shape index (κ2) is 6.42. The quantitative estimate of drug-likeness (QED) is 0.702. The summed E-state index contributed by atoms with van der Waals surface area (Å²) in [6.45, 7) is 0. The number of hydrogen-bond donors (Lipinski definition) is 1. The van der Waals surface area contributed by atoms with Gasteiger partial charge < -0.3 is 10.0 Å². The first-order valence-electron chi connectivity index (χ1n) is 2.40. The summed E-state index contributed by atoms with van der Waals surface area (Å²) in [5.41, 5.74) is 0. The van der Waals surface area contributed by atoms with Gasteiger partial charge in [-0.25, -0.2) is 4.39 Å². The van der Waals surface area contributed by atoms with Gasteiger partial charge in [-0.1, -0.05) is 0 Å². The van der Waals surface area contributed by atoms with Gasteiger partial charge in [-0.05, 0) is 24.3 Å². The SMILES string of the molecule is Cl.O.OSc1ccc(F)cc1. The standard InChI is InChI=1S/C6H5FOS.ClH.H2O/c7-5-1-3-6(9-8)4-2-5;;/h1-4,8H;1H;1H2. The van der Waals surface area contributed by atoms with E-state index in [4.69, 9.17) is 4.55 Å². The van der Waals surface area contributed by atoms with E-state index in [1.54, 1.807) is 0 Å². The molecular weight excluding hydrogens is 191 g/mol. The van der Waals surface area contributed by atoms with Crippen LogP contribution in [0.2, 0.25) is 0 Å². The van der Waals surface area contributed by atoms with Gasteiger partial charge in [0.15, 0.2) is 0 Å². The maximum atomic E-state index is 12.1. The van der Waals surface area contributed by atoms with Crippen LogP contribution in [-0.4, -0.2) is 10.0 Å². The minimum Gasteiger partial charge on any atom is -0.412 e. The van der Waals surface area contributed by atoms with Gasteiger partial charge in [0, 0.05) is 16.9 Å². The van der Waals surface area contributed by atoms with Crippen molar-refractivity contribution in [2.75, 3.05) is 0 Å². The van der Waals surface area contributed by atoms with Gasteiger partial charge in [-0.15, -0.1) is 12.4 Å². The number of hydrogen-bond acceptors (Lipinski definition) is 2. The van der Waals surface area contributed by atoms with Crippen molar-refractivity contribution in [1.29, 1.82) is 0 Å². The van der Waals surface area contributed by atoms with Crippen molar-refractivity contribution in [2.24, 2.45) is 0 Å². The predicted octanol–water partition coefficient (Wildman–Crippen LogP) is 1.99. The smallest absolute Gasteiger partial charge is 0.123 e. The average molecular weight is 199 g/mol. The van der Waals surface area contributed by atoms with E-state index in [1.165, 1.54) is 24.3 Å². The van der Waals surface area contributed by atoms with E-state index in [0.717, 1.165) is 0 Å². The van der Waals surface area contributed by atoms with Gasteiger partial charge in [-0.2, -0.15) is 0 Å². The molecule has 0 spiro atoms. The van der Waals surface area contributed by atoms with Gasteiger partial charge in [0.2, 0.25) is 0 Å². The van der Waals surface area contributed by atoms with Crippen LogP contribution in [0.3, 0.4) is 0 Å². The lowest BCUT2D eigenvalue weighted by molar-refractivity contribution is 0.625. The van der Waals surface area contributed by atoms with E-state index in [1.807, 2.05) is 0 Å². The van der Waals surface area contributed by atoms with Gasteiger partial charge in [0.1, 0.15) is 5.82 Å².